The lowest BCUT2D eigenvalue weighted by Crippen LogP contribution is -1.90. The minimum Gasteiger partial charge on any atom is -0.497 e. The summed E-state index contributed by atoms with van der Waals surface area (Å²) in [6.45, 7) is 0. The Labute approximate surface area is 83.0 Å². The van der Waals surface area contributed by atoms with Gasteiger partial charge in [-0.3, -0.25) is 0 Å². The highest BCUT2D eigenvalue weighted by Crippen LogP contribution is 2.22. The number of ether oxygens (including phenoxy) is 2. The van der Waals surface area contributed by atoms with Crippen molar-refractivity contribution in [3.8, 4) is 11.5 Å². The van der Waals surface area contributed by atoms with Gasteiger partial charge in [0.1, 0.15) is 17.4 Å². The van der Waals surface area contributed by atoms with Gasteiger partial charge in [0.2, 0.25) is 0 Å². The van der Waals surface area contributed by atoms with Gasteiger partial charge in [-0.2, -0.15) is 0 Å². The summed E-state index contributed by atoms with van der Waals surface area (Å²) in [5, 5.41) is 0. The fourth-order valence-corrected chi connectivity index (χ4v) is 1.14. The number of allylic oxidation sites excluding steroid dienone is 1. The molecule has 0 N–H and O–H groups in total. The zero-order chi connectivity index (χ0) is 10.4. The van der Waals surface area contributed by atoms with Crippen LogP contribution in [0.15, 0.2) is 24.3 Å². The fourth-order valence-electron chi connectivity index (χ4n) is 1.14. The van der Waals surface area contributed by atoms with Crippen LogP contribution in [0.2, 0.25) is 0 Å². The molecule has 0 aromatic heterocycles. The minimum absolute atomic E-state index is 0.539. The van der Waals surface area contributed by atoms with Crippen molar-refractivity contribution in [1.29, 1.82) is 0 Å². The second-order valence-corrected chi connectivity index (χ2v) is 2.75. The summed E-state index contributed by atoms with van der Waals surface area (Å²) >= 11 is 0. The molecule has 1 aromatic rings. The Bertz CT molecular complexity index is 329. The van der Waals surface area contributed by atoms with Crippen molar-refractivity contribution in [2.45, 2.75) is 6.42 Å². The largest absolute Gasteiger partial charge is 0.497 e. The quantitative estimate of drug-likeness (QED) is 0.680. The Morgan fingerprint density at radius 1 is 1.21 bits per heavy atom. The molecule has 1 rings (SSSR count). The van der Waals surface area contributed by atoms with Crippen molar-refractivity contribution < 1.29 is 14.3 Å². The highest BCUT2D eigenvalue weighted by molar-refractivity contribution is 5.47. The van der Waals surface area contributed by atoms with Crippen LogP contribution in [0, 0.1) is 0 Å². The molecular weight excluding hydrogens is 180 g/mol. The minimum atomic E-state index is 0.539. The van der Waals surface area contributed by atoms with E-state index >= 15 is 0 Å². The van der Waals surface area contributed by atoms with Crippen LogP contribution in [0.1, 0.15) is 5.56 Å². The van der Waals surface area contributed by atoms with E-state index in [-0.39, 0.29) is 0 Å². The van der Waals surface area contributed by atoms with Crippen LogP contribution in [0.5, 0.6) is 11.5 Å². The van der Waals surface area contributed by atoms with Crippen molar-refractivity contribution in [2.75, 3.05) is 14.2 Å². The number of benzene rings is 1. The van der Waals surface area contributed by atoms with E-state index in [1.54, 1.807) is 26.2 Å². The molecule has 0 aliphatic heterocycles. The first-order valence-electron chi connectivity index (χ1n) is 4.21. The third-order valence-corrected chi connectivity index (χ3v) is 1.83. The van der Waals surface area contributed by atoms with Crippen LogP contribution in [-0.4, -0.2) is 20.2 Å². The summed E-state index contributed by atoms with van der Waals surface area (Å²) < 4.78 is 10.2. The Kier molecular flexibility index (Phi) is 3.77. The van der Waals surface area contributed by atoms with E-state index in [1.165, 1.54) is 6.08 Å². The van der Waals surface area contributed by atoms with Crippen LogP contribution in [0.4, 0.5) is 0 Å². The molecule has 3 nitrogen and oxygen atoms in total. The molecule has 0 radical (unpaired) electrons. The van der Waals surface area contributed by atoms with Crippen LogP contribution >= 0.6 is 0 Å². The maximum Gasteiger partial charge on any atom is 0.122 e. The molecular formula is C11H12O3. The van der Waals surface area contributed by atoms with Gasteiger partial charge in [-0.05, 0) is 17.7 Å². The molecule has 0 amide bonds. The number of methoxy groups -OCH3 is 2. The number of rotatable bonds is 4. The monoisotopic (exact) mass is 192 g/mol. The fraction of sp³-hybridized carbons (Fsp3) is 0.273. The lowest BCUT2D eigenvalue weighted by Gasteiger charge is -2.06. The summed E-state index contributed by atoms with van der Waals surface area (Å²) in [5.41, 5.74) is 0.963. The van der Waals surface area contributed by atoms with E-state index in [0.29, 0.717) is 6.42 Å². The first kappa shape index (κ1) is 10.4. The SMILES string of the molecule is COc1cc(CC=C=O)cc(OC)c1. The zero-order valence-electron chi connectivity index (χ0n) is 8.24. The van der Waals surface area contributed by atoms with Crippen molar-refractivity contribution in [3.05, 3.63) is 29.8 Å². The molecule has 0 fully saturated rings. The molecule has 3 heteroatoms. The summed E-state index contributed by atoms with van der Waals surface area (Å²) in [7, 11) is 3.18. The number of carbonyl (C=O) groups excluding carboxylic acids is 1. The molecule has 0 atom stereocenters. The molecule has 0 saturated carbocycles. The highest BCUT2D eigenvalue weighted by atomic mass is 16.5. The Balaban J connectivity index is 2.97. The first-order valence-corrected chi connectivity index (χ1v) is 4.21. The van der Waals surface area contributed by atoms with E-state index in [9.17, 15) is 4.79 Å². The Morgan fingerprint density at radius 3 is 2.21 bits per heavy atom. The summed E-state index contributed by atoms with van der Waals surface area (Å²) in [6.07, 6.45) is 1.96. The van der Waals surface area contributed by atoms with Crippen molar-refractivity contribution in [2.24, 2.45) is 0 Å². The zero-order valence-corrected chi connectivity index (χ0v) is 8.24. The molecule has 14 heavy (non-hydrogen) atoms. The molecule has 0 aliphatic rings. The van der Waals surface area contributed by atoms with Crippen molar-refractivity contribution >= 4 is 5.94 Å². The molecule has 0 bridgehead atoms. The van der Waals surface area contributed by atoms with Gasteiger partial charge in [-0.15, -0.1) is 0 Å². The second kappa shape index (κ2) is 5.10. The summed E-state index contributed by atoms with van der Waals surface area (Å²) in [4.78, 5) is 10.0. The third kappa shape index (κ3) is 2.64. The molecule has 1 aromatic carbocycles. The predicted octanol–water partition coefficient (Wildman–Crippen LogP) is 1.63. The lowest BCUT2D eigenvalue weighted by atomic mass is 10.1. The van der Waals surface area contributed by atoms with E-state index in [2.05, 4.69) is 0 Å². The molecule has 0 unspecified atom stereocenters. The average Bonchev–Trinajstić information content (AvgIpc) is 2.25. The normalized spacial score (nSPS) is 9.00. The van der Waals surface area contributed by atoms with Crippen LogP contribution in [0.25, 0.3) is 0 Å². The average molecular weight is 192 g/mol. The van der Waals surface area contributed by atoms with Gasteiger partial charge in [-0.1, -0.05) is 0 Å². The van der Waals surface area contributed by atoms with Crippen molar-refractivity contribution in [1.82, 2.24) is 0 Å². The third-order valence-electron chi connectivity index (χ3n) is 1.83. The maximum atomic E-state index is 10.0. The van der Waals surface area contributed by atoms with Gasteiger partial charge in [0.25, 0.3) is 0 Å². The van der Waals surface area contributed by atoms with E-state index in [1.807, 2.05) is 12.1 Å². The van der Waals surface area contributed by atoms with E-state index in [0.717, 1.165) is 17.1 Å². The van der Waals surface area contributed by atoms with Crippen LogP contribution in [0.3, 0.4) is 0 Å². The van der Waals surface area contributed by atoms with Gasteiger partial charge in [0.05, 0.1) is 14.2 Å². The van der Waals surface area contributed by atoms with Gasteiger partial charge in [-0.25, -0.2) is 4.79 Å². The van der Waals surface area contributed by atoms with Crippen LogP contribution < -0.4 is 9.47 Å². The van der Waals surface area contributed by atoms with E-state index < -0.39 is 0 Å². The highest BCUT2D eigenvalue weighted by Gasteiger charge is 2.00. The first-order chi connectivity index (χ1) is 6.80. The molecule has 0 aliphatic carbocycles. The summed E-state index contributed by atoms with van der Waals surface area (Å²) in [5.74, 6) is 3.18. The molecule has 0 saturated heterocycles. The van der Waals surface area contributed by atoms with Crippen molar-refractivity contribution in [3.63, 3.8) is 0 Å². The number of hydrogen-bond acceptors (Lipinski definition) is 3. The molecule has 74 valence electrons. The second-order valence-electron chi connectivity index (χ2n) is 2.75. The van der Waals surface area contributed by atoms with Gasteiger partial charge in [0, 0.05) is 18.6 Å². The lowest BCUT2D eigenvalue weighted by molar-refractivity contribution is 0.393. The van der Waals surface area contributed by atoms with Gasteiger partial charge >= 0.3 is 0 Å². The van der Waals surface area contributed by atoms with Crippen LogP contribution in [-0.2, 0) is 11.2 Å². The van der Waals surface area contributed by atoms with Gasteiger partial charge < -0.3 is 9.47 Å². The molecule has 0 spiro atoms. The molecule has 0 heterocycles. The van der Waals surface area contributed by atoms with Gasteiger partial charge in [0.15, 0.2) is 0 Å². The predicted molar refractivity (Wildman–Crippen MR) is 53.5 cm³/mol. The number of hydrogen-bond donors (Lipinski definition) is 0. The summed E-state index contributed by atoms with van der Waals surface area (Å²) in [6, 6.07) is 5.50. The Hall–Kier alpha value is -1.73. The Morgan fingerprint density at radius 2 is 1.79 bits per heavy atom. The van der Waals surface area contributed by atoms with E-state index in [4.69, 9.17) is 9.47 Å². The standard InChI is InChI=1S/C11H12O3/c1-13-10-6-9(4-3-5-12)7-11(8-10)14-2/h3,6-8H,4H2,1-2H3. The topological polar surface area (TPSA) is 35.5 Å². The maximum absolute atomic E-state index is 10.0. The smallest absolute Gasteiger partial charge is 0.122 e.